The molecule has 1 N–H and O–H groups in total. The van der Waals surface area contributed by atoms with Gasteiger partial charge in [-0.25, -0.2) is 4.57 Å². The van der Waals surface area contributed by atoms with E-state index in [1.54, 1.807) is 0 Å². The fourth-order valence-corrected chi connectivity index (χ4v) is 6.25. The van der Waals surface area contributed by atoms with E-state index >= 15 is 0 Å². The van der Waals surface area contributed by atoms with Crippen LogP contribution in [0.3, 0.4) is 0 Å². The lowest BCUT2D eigenvalue weighted by molar-refractivity contribution is -0.870. The Morgan fingerprint density at radius 1 is 0.561 bits per heavy atom. The number of allylic oxidation sites excluding steroid dienone is 12. The lowest BCUT2D eigenvalue weighted by Crippen LogP contribution is -2.37. The Labute approximate surface area is 348 Å². The van der Waals surface area contributed by atoms with Crippen LogP contribution in [-0.4, -0.2) is 74.9 Å². The number of esters is 2. The van der Waals surface area contributed by atoms with E-state index in [2.05, 4.69) is 80.7 Å². The van der Waals surface area contributed by atoms with Crippen molar-refractivity contribution >= 4 is 19.8 Å². The second-order valence-electron chi connectivity index (χ2n) is 15.7. The minimum atomic E-state index is -4.40. The van der Waals surface area contributed by atoms with Crippen molar-refractivity contribution in [1.82, 2.24) is 0 Å². The molecule has 0 bridgehead atoms. The number of phosphoric ester groups is 1. The van der Waals surface area contributed by atoms with E-state index in [1.165, 1.54) is 51.4 Å². The number of nitrogens with zero attached hydrogens (tertiary/aromatic N) is 1. The molecule has 9 nitrogen and oxygen atoms in total. The summed E-state index contributed by atoms with van der Waals surface area (Å²) in [6.45, 7) is 4.21. The Morgan fingerprint density at radius 2 is 1.02 bits per heavy atom. The molecule has 0 rings (SSSR count). The van der Waals surface area contributed by atoms with Crippen LogP contribution in [0.15, 0.2) is 72.9 Å². The predicted octanol–water partition coefficient (Wildman–Crippen LogP) is 12.6. The molecule has 0 heterocycles. The number of carbonyl (C=O) groups is 2. The van der Waals surface area contributed by atoms with Gasteiger partial charge in [0.05, 0.1) is 27.7 Å². The summed E-state index contributed by atoms with van der Waals surface area (Å²) in [7, 11) is 1.42. The van der Waals surface area contributed by atoms with Crippen molar-refractivity contribution in [3.8, 4) is 0 Å². The Bertz CT molecular complexity index is 1200. The lowest BCUT2D eigenvalue weighted by atomic mass is 10.1. The van der Waals surface area contributed by atoms with Gasteiger partial charge in [0.25, 0.3) is 0 Å². The van der Waals surface area contributed by atoms with Gasteiger partial charge >= 0.3 is 19.8 Å². The largest absolute Gasteiger partial charge is 0.472 e. The van der Waals surface area contributed by atoms with Crippen molar-refractivity contribution in [2.24, 2.45) is 0 Å². The molecule has 0 aliphatic rings. The van der Waals surface area contributed by atoms with Gasteiger partial charge in [-0.3, -0.25) is 18.6 Å². The van der Waals surface area contributed by atoms with E-state index in [9.17, 15) is 19.0 Å². The van der Waals surface area contributed by atoms with Crippen LogP contribution in [0.2, 0.25) is 0 Å². The molecule has 57 heavy (non-hydrogen) atoms. The van der Waals surface area contributed by atoms with Gasteiger partial charge in [0.2, 0.25) is 0 Å². The molecule has 0 aromatic heterocycles. The van der Waals surface area contributed by atoms with Gasteiger partial charge in [-0.15, -0.1) is 0 Å². The summed E-state index contributed by atoms with van der Waals surface area (Å²) in [6.07, 6.45) is 48.1. The molecular weight excluding hydrogens is 737 g/mol. The molecule has 0 aromatic rings. The van der Waals surface area contributed by atoms with Crippen molar-refractivity contribution in [2.75, 3.05) is 47.5 Å². The molecule has 0 amide bonds. The Kier molecular flexibility index (Phi) is 37.2. The second-order valence-corrected chi connectivity index (χ2v) is 17.1. The summed E-state index contributed by atoms with van der Waals surface area (Å²) >= 11 is 0. The Balaban J connectivity index is 4.48. The van der Waals surface area contributed by atoms with Gasteiger partial charge in [-0.2, -0.15) is 0 Å². The monoisotopic (exact) mass is 821 g/mol. The molecule has 0 radical (unpaired) electrons. The maximum absolute atomic E-state index is 12.7. The number of hydrogen-bond acceptors (Lipinski definition) is 7. The average Bonchev–Trinajstić information content (AvgIpc) is 3.16. The number of ether oxygens (including phenoxy) is 2. The summed E-state index contributed by atoms with van der Waals surface area (Å²) < 4.78 is 34.2. The van der Waals surface area contributed by atoms with Gasteiger partial charge in [-0.05, 0) is 77.0 Å². The molecule has 0 saturated carbocycles. The maximum atomic E-state index is 12.7. The van der Waals surface area contributed by atoms with Crippen molar-refractivity contribution in [3.05, 3.63) is 72.9 Å². The predicted molar refractivity (Wildman–Crippen MR) is 238 cm³/mol. The lowest BCUT2D eigenvalue weighted by Gasteiger charge is -2.24. The topological polar surface area (TPSA) is 108 Å². The highest BCUT2D eigenvalue weighted by atomic mass is 31.2. The number of likely N-dealkylation sites (N-methyl/N-ethyl adjacent to an activating group) is 1. The zero-order valence-electron chi connectivity index (χ0n) is 36.8. The van der Waals surface area contributed by atoms with E-state index in [-0.39, 0.29) is 26.1 Å². The molecular formula is C47H83NO8P+. The van der Waals surface area contributed by atoms with Crippen LogP contribution in [0.5, 0.6) is 0 Å². The fourth-order valence-electron chi connectivity index (χ4n) is 5.51. The van der Waals surface area contributed by atoms with Crippen molar-refractivity contribution in [2.45, 2.75) is 168 Å². The highest BCUT2D eigenvalue weighted by molar-refractivity contribution is 7.47. The van der Waals surface area contributed by atoms with E-state index in [4.69, 9.17) is 18.5 Å². The highest BCUT2D eigenvalue weighted by Crippen LogP contribution is 2.43. The third kappa shape index (κ3) is 42.9. The normalized spacial score (nSPS) is 14.3. The first kappa shape index (κ1) is 54.5. The molecule has 2 atom stereocenters. The van der Waals surface area contributed by atoms with Gasteiger partial charge in [0.15, 0.2) is 6.10 Å². The number of quaternary nitrogens is 1. The Hall–Kier alpha value is -2.55. The van der Waals surface area contributed by atoms with Crippen LogP contribution in [-0.2, 0) is 32.7 Å². The molecule has 0 aromatic carbocycles. The molecule has 0 aliphatic carbocycles. The third-order valence-corrected chi connectivity index (χ3v) is 9.95. The van der Waals surface area contributed by atoms with E-state index in [0.29, 0.717) is 23.9 Å². The summed E-state index contributed by atoms with van der Waals surface area (Å²) in [4.78, 5) is 35.3. The van der Waals surface area contributed by atoms with Crippen LogP contribution < -0.4 is 0 Å². The maximum Gasteiger partial charge on any atom is 0.472 e. The molecule has 0 saturated heterocycles. The average molecular weight is 821 g/mol. The highest BCUT2D eigenvalue weighted by Gasteiger charge is 2.27. The third-order valence-electron chi connectivity index (χ3n) is 8.97. The van der Waals surface area contributed by atoms with Gasteiger partial charge < -0.3 is 18.9 Å². The van der Waals surface area contributed by atoms with Crippen LogP contribution in [0.1, 0.15) is 162 Å². The van der Waals surface area contributed by atoms with E-state index in [1.807, 2.05) is 27.2 Å². The minimum absolute atomic E-state index is 0.0164. The minimum Gasteiger partial charge on any atom is -0.462 e. The van der Waals surface area contributed by atoms with Gasteiger partial charge in [0, 0.05) is 12.8 Å². The van der Waals surface area contributed by atoms with Crippen LogP contribution in [0, 0.1) is 0 Å². The Morgan fingerprint density at radius 3 is 1.56 bits per heavy atom. The number of carbonyl (C=O) groups excluding carboxylic acids is 2. The zero-order chi connectivity index (χ0) is 42.1. The van der Waals surface area contributed by atoms with Gasteiger partial charge in [0.1, 0.15) is 19.8 Å². The van der Waals surface area contributed by atoms with Crippen LogP contribution in [0.25, 0.3) is 0 Å². The van der Waals surface area contributed by atoms with E-state index < -0.39 is 32.5 Å². The van der Waals surface area contributed by atoms with Crippen LogP contribution in [0.4, 0.5) is 0 Å². The van der Waals surface area contributed by atoms with Crippen molar-refractivity contribution in [3.63, 3.8) is 0 Å². The standard InChI is InChI=1S/C47H82NO8P/c1-6-8-10-12-14-16-18-20-22-24-26-28-30-32-34-36-38-40-47(50)56-45(44-55-57(51,52)54-42-41-48(3,4)5)43-53-46(49)39-37-35-33-31-29-27-25-23-21-19-17-15-13-11-9-7-2/h8,10,14,16,20,22-23,25-26,28,32,34,45H,6-7,9,11-13,15,17-19,21,24,27,29-31,33,35-44H2,1-5H3/p+1/b10-8-,16-14-,22-20-,25-23-,28-26-,34-32-. The summed E-state index contributed by atoms with van der Waals surface area (Å²) in [6, 6.07) is 0. The first-order valence-electron chi connectivity index (χ1n) is 22.2. The number of phosphoric acid groups is 1. The summed E-state index contributed by atoms with van der Waals surface area (Å²) in [5.74, 6) is -0.882. The smallest absolute Gasteiger partial charge is 0.462 e. The number of rotatable bonds is 39. The molecule has 328 valence electrons. The first-order valence-corrected chi connectivity index (χ1v) is 23.7. The van der Waals surface area contributed by atoms with E-state index in [0.717, 1.165) is 70.6 Å². The summed E-state index contributed by atoms with van der Waals surface area (Å²) in [5, 5.41) is 0. The second kappa shape index (κ2) is 38.9. The van der Waals surface area contributed by atoms with Crippen molar-refractivity contribution in [1.29, 1.82) is 0 Å². The number of unbranched alkanes of at least 4 members (excludes halogenated alkanes) is 13. The van der Waals surface area contributed by atoms with Crippen LogP contribution >= 0.6 is 7.82 Å². The summed E-state index contributed by atoms with van der Waals surface area (Å²) in [5.41, 5.74) is 0. The molecule has 0 spiro atoms. The van der Waals surface area contributed by atoms with Crippen molar-refractivity contribution < 1.29 is 42.1 Å². The SMILES string of the molecule is CC/C=C\C/C=C\C/C=C\C/C=C\C/C=C\CCCC(=O)OC(COC(=O)CCCCCCC/C=C\CCCCCCCCC)COP(=O)(O)OCC[N+](C)(C)C. The number of hydrogen-bond donors (Lipinski definition) is 1. The molecule has 2 unspecified atom stereocenters. The molecule has 0 fully saturated rings. The molecule has 10 heteroatoms. The quantitative estimate of drug-likeness (QED) is 0.0215. The molecule has 0 aliphatic heterocycles. The van der Waals surface area contributed by atoms with Gasteiger partial charge in [-0.1, -0.05) is 145 Å². The fraction of sp³-hybridized carbons (Fsp3) is 0.702. The zero-order valence-corrected chi connectivity index (χ0v) is 37.7. The first-order chi connectivity index (χ1) is 27.5.